The van der Waals surface area contributed by atoms with Crippen LogP contribution in [0.2, 0.25) is 0 Å². The molecular formula is C9H26O4. The van der Waals surface area contributed by atoms with Gasteiger partial charge in [-0.15, -0.1) is 0 Å². The lowest BCUT2D eigenvalue weighted by molar-refractivity contribution is 0.287. The molecule has 0 aliphatic rings. The van der Waals surface area contributed by atoms with Crippen molar-refractivity contribution < 1.29 is 20.8 Å². The summed E-state index contributed by atoms with van der Waals surface area (Å²) >= 11 is 0. The lowest BCUT2D eigenvalue weighted by Crippen LogP contribution is -1.75. The molecule has 0 heterocycles. The smallest absolute Gasteiger partial charge is 0.0430 e. The highest BCUT2D eigenvalue weighted by Crippen LogP contribution is 1.78. The van der Waals surface area contributed by atoms with E-state index in [4.69, 9.17) is 15.3 Å². The molecule has 4 nitrogen and oxygen atoms in total. The Bertz CT molecular complexity index is 38.6. The molecule has 0 aromatic carbocycles. The zero-order valence-electron chi connectivity index (χ0n) is 9.08. The SMILES string of the molecule is CCCCO.CCCO.CCO.O. The molecule has 0 spiro atoms. The highest BCUT2D eigenvalue weighted by atomic mass is 16.3. The second-order valence-electron chi connectivity index (χ2n) is 2.12. The molecule has 0 aromatic rings. The van der Waals surface area contributed by atoms with Crippen molar-refractivity contribution in [3.8, 4) is 0 Å². The van der Waals surface area contributed by atoms with Gasteiger partial charge in [0.25, 0.3) is 0 Å². The fourth-order valence-electron chi connectivity index (χ4n) is 0.158. The van der Waals surface area contributed by atoms with Crippen LogP contribution in [0, 0.1) is 0 Å². The van der Waals surface area contributed by atoms with E-state index < -0.39 is 0 Å². The van der Waals surface area contributed by atoms with Crippen LogP contribution in [0.4, 0.5) is 0 Å². The standard InChI is InChI=1S/C4H10O.C3H8O.C2H6O.H2O/c1-2-3-4-5;1-2-3-4;1-2-3;/h5H,2-4H2,1H3;4H,2-3H2,1H3;3H,2H2,1H3;1H2. The molecule has 13 heavy (non-hydrogen) atoms. The van der Waals surface area contributed by atoms with E-state index >= 15 is 0 Å². The van der Waals surface area contributed by atoms with Gasteiger partial charge in [-0.2, -0.15) is 0 Å². The number of hydrogen-bond donors (Lipinski definition) is 3. The van der Waals surface area contributed by atoms with Crippen LogP contribution in [0.5, 0.6) is 0 Å². The number of unbranched alkanes of at least 4 members (excludes halogenated alkanes) is 1. The van der Waals surface area contributed by atoms with Gasteiger partial charge in [0, 0.05) is 19.8 Å². The fourth-order valence-corrected chi connectivity index (χ4v) is 0.158. The first kappa shape index (κ1) is 23.0. The number of rotatable bonds is 3. The third-order valence-electron chi connectivity index (χ3n) is 0.735. The summed E-state index contributed by atoms with van der Waals surface area (Å²) in [6, 6.07) is 0. The molecule has 0 atom stereocenters. The maximum atomic E-state index is 8.07. The molecule has 0 aliphatic heterocycles. The Morgan fingerprint density at radius 1 is 0.769 bits per heavy atom. The minimum atomic E-state index is 0. The van der Waals surface area contributed by atoms with Gasteiger partial charge in [-0.25, -0.2) is 0 Å². The van der Waals surface area contributed by atoms with Gasteiger partial charge >= 0.3 is 0 Å². The molecule has 4 heteroatoms. The van der Waals surface area contributed by atoms with Gasteiger partial charge in [0.1, 0.15) is 0 Å². The van der Waals surface area contributed by atoms with Crippen molar-refractivity contribution in [2.45, 2.75) is 40.0 Å². The number of aliphatic hydroxyl groups is 3. The van der Waals surface area contributed by atoms with E-state index in [0.717, 1.165) is 19.3 Å². The van der Waals surface area contributed by atoms with Crippen molar-refractivity contribution in [3.63, 3.8) is 0 Å². The van der Waals surface area contributed by atoms with Crippen molar-refractivity contribution in [2.75, 3.05) is 19.8 Å². The van der Waals surface area contributed by atoms with Gasteiger partial charge in [0.05, 0.1) is 0 Å². The zero-order chi connectivity index (χ0) is 10.2. The maximum absolute atomic E-state index is 8.07. The Morgan fingerprint density at radius 3 is 1.08 bits per heavy atom. The number of hydrogen-bond acceptors (Lipinski definition) is 3. The third kappa shape index (κ3) is 142. The fraction of sp³-hybridized carbons (Fsp3) is 1.00. The average Bonchev–Trinajstić information content (AvgIpc) is 2.08. The van der Waals surface area contributed by atoms with E-state index in [-0.39, 0.29) is 12.1 Å². The summed E-state index contributed by atoms with van der Waals surface area (Å²) in [4.78, 5) is 0. The third-order valence-corrected chi connectivity index (χ3v) is 0.735. The second kappa shape index (κ2) is 40.8. The van der Waals surface area contributed by atoms with Gasteiger partial charge in [-0.05, 0) is 19.8 Å². The van der Waals surface area contributed by atoms with E-state index in [1.807, 2.05) is 6.92 Å². The van der Waals surface area contributed by atoms with Crippen LogP contribution in [0.15, 0.2) is 0 Å². The first-order chi connectivity index (χ1) is 5.74. The molecule has 0 aliphatic carbocycles. The largest absolute Gasteiger partial charge is 0.412 e. The summed E-state index contributed by atoms with van der Waals surface area (Å²) in [5.41, 5.74) is 0. The summed E-state index contributed by atoms with van der Waals surface area (Å²) in [5.74, 6) is 0. The van der Waals surface area contributed by atoms with Gasteiger partial charge in [0.15, 0.2) is 0 Å². The van der Waals surface area contributed by atoms with Crippen molar-refractivity contribution in [1.29, 1.82) is 0 Å². The van der Waals surface area contributed by atoms with E-state index in [1.165, 1.54) is 0 Å². The van der Waals surface area contributed by atoms with Crippen LogP contribution in [-0.2, 0) is 0 Å². The van der Waals surface area contributed by atoms with Crippen LogP contribution >= 0.6 is 0 Å². The van der Waals surface area contributed by atoms with Crippen LogP contribution in [0.1, 0.15) is 40.0 Å². The lowest BCUT2D eigenvalue weighted by Gasteiger charge is -1.79. The lowest BCUT2D eigenvalue weighted by atomic mass is 10.4. The highest BCUT2D eigenvalue weighted by molar-refractivity contribution is 4.23. The van der Waals surface area contributed by atoms with E-state index in [1.54, 1.807) is 6.92 Å². The van der Waals surface area contributed by atoms with Gasteiger partial charge < -0.3 is 20.8 Å². The molecule has 0 bridgehead atoms. The summed E-state index contributed by atoms with van der Waals surface area (Å²) < 4.78 is 0. The number of aliphatic hydroxyl groups excluding tert-OH is 3. The van der Waals surface area contributed by atoms with Crippen LogP contribution in [-0.4, -0.2) is 40.6 Å². The summed E-state index contributed by atoms with van der Waals surface area (Å²) in [6.45, 7) is 6.58. The Kier molecular flexibility index (Phi) is 72.3. The van der Waals surface area contributed by atoms with Crippen LogP contribution < -0.4 is 0 Å². The van der Waals surface area contributed by atoms with Gasteiger partial charge in [0.2, 0.25) is 0 Å². The monoisotopic (exact) mass is 198 g/mol. The Balaban J connectivity index is -0.0000000465. The van der Waals surface area contributed by atoms with Crippen molar-refractivity contribution in [3.05, 3.63) is 0 Å². The predicted octanol–water partition coefficient (Wildman–Crippen LogP) is 0.341. The Morgan fingerprint density at radius 2 is 1.08 bits per heavy atom. The molecule has 0 unspecified atom stereocenters. The molecule has 0 aromatic heterocycles. The predicted molar refractivity (Wildman–Crippen MR) is 55.7 cm³/mol. The quantitative estimate of drug-likeness (QED) is 0.610. The maximum Gasteiger partial charge on any atom is 0.0430 e. The molecule has 0 rings (SSSR count). The highest BCUT2D eigenvalue weighted by Gasteiger charge is 1.69. The van der Waals surface area contributed by atoms with Crippen LogP contribution in [0.3, 0.4) is 0 Å². The zero-order valence-corrected chi connectivity index (χ0v) is 9.08. The van der Waals surface area contributed by atoms with Crippen molar-refractivity contribution in [1.82, 2.24) is 0 Å². The van der Waals surface area contributed by atoms with Crippen LogP contribution in [0.25, 0.3) is 0 Å². The van der Waals surface area contributed by atoms with E-state index in [9.17, 15) is 0 Å². The molecule has 0 saturated carbocycles. The minimum absolute atomic E-state index is 0. The summed E-state index contributed by atoms with van der Waals surface area (Å²) in [6.07, 6.45) is 2.91. The normalized spacial score (nSPS) is 6.92. The molecular weight excluding hydrogens is 172 g/mol. The average molecular weight is 198 g/mol. The Labute approximate surface area is 81.5 Å². The molecule has 0 saturated heterocycles. The van der Waals surface area contributed by atoms with E-state index in [2.05, 4.69) is 6.92 Å². The van der Waals surface area contributed by atoms with Crippen molar-refractivity contribution in [2.24, 2.45) is 0 Å². The molecule has 0 radical (unpaired) electrons. The summed E-state index contributed by atoms with van der Waals surface area (Å²) in [7, 11) is 0. The van der Waals surface area contributed by atoms with E-state index in [0.29, 0.717) is 13.2 Å². The summed E-state index contributed by atoms with van der Waals surface area (Å²) in [5, 5.41) is 23.5. The Hall–Kier alpha value is -0.160. The topological polar surface area (TPSA) is 92.2 Å². The van der Waals surface area contributed by atoms with Crippen molar-refractivity contribution >= 4 is 0 Å². The molecule has 0 fully saturated rings. The first-order valence-electron chi connectivity index (χ1n) is 4.57. The molecule has 86 valence electrons. The first-order valence-corrected chi connectivity index (χ1v) is 4.57. The second-order valence-corrected chi connectivity index (χ2v) is 2.12. The van der Waals surface area contributed by atoms with Gasteiger partial charge in [-0.1, -0.05) is 20.3 Å². The minimum Gasteiger partial charge on any atom is -0.412 e. The molecule has 0 amide bonds. The van der Waals surface area contributed by atoms with Gasteiger partial charge in [-0.3, -0.25) is 0 Å². The molecule has 5 N–H and O–H groups in total.